The van der Waals surface area contributed by atoms with Crippen LogP contribution in [0.25, 0.3) is 6.08 Å². The van der Waals surface area contributed by atoms with Crippen LogP contribution in [0.5, 0.6) is 11.5 Å². The number of nitrogens with one attached hydrogen (secondary N) is 2. The molecule has 0 spiro atoms. The lowest BCUT2D eigenvalue weighted by Crippen LogP contribution is -2.29. The molecule has 160 valence electrons. The van der Waals surface area contributed by atoms with Crippen molar-refractivity contribution in [2.75, 3.05) is 19.0 Å². The normalized spacial score (nSPS) is 10.8. The second kappa shape index (κ2) is 11.7. The summed E-state index contributed by atoms with van der Waals surface area (Å²) in [6.07, 6.45) is 5.20. The van der Waals surface area contributed by atoms with Gasteiger partial charge < -0.3 is 20.1 Å². The van der Waals surface area contributed by atoms with Crippen molar-refractivity contribution >= 4 is 23.6 Å². The molecule has 2 amide bonds. The number of methoxy groups -OCH3 is 1. The molecular weight excluding hydrogens is 380 g/mol. The number of benzene rings is 2. The number of anilines is 1. The Labute approximate surface area is 178 Å². The van der Waals surface area contributed by atoms with Gasteiger partial charge in [-0.1, -0.05) is 19.4 Å². The topological polar surface area (TPSA) is 76.7 Å². The summed E-state index contributed by atoms with van der Waals surface area (Å²) in [6.45, 7) is 6.56. The number of carbonyl (C=O) groups is 2. The van der Waals surface area contributed by atoms with Crippen LogP contribution in [0, 0.1) is 0 Å². The summed E-state index contributed by atoms with van der Waals surface area (Å²) >= 11 is 0. The standard InChI is InChI=1S/C24H30N2O4/c1-5-6-15-30-21-13-7-18(16-22(21)29-4)8-14-23(27)26-20-11-9-19(10-12-20)24(28)25-17(2)3/h7-14,16-17H,5-6,15H2,1-4H3,(H,25,28)(H,26,27)/b14-8+. The zero-order valence-electron chi connectivity index (χ0n) is 18.0. The highest BCUT2D eigenvalue weighted by Crippen LogP contribution is 2.28. The summed E-state index contributed by atoms with van der Waals surface area (Å²) in [5.74, 6) is 0.911. The lowest BCUT2D eigenvalue weighted by molar-refractivity contribution is -0.111. The van der Waals surface area contributed by atoms with Crippen molar-refractivity contribution in [2.45, 2.75) is 39.7 Å². The zero-order chi connectivity index (χ0) is 21.9. The van der Waals surface area contributed by atoms with Gasteiger partial charge in [-0.05, 0) is 68.3 Å². The fourth-order valence-corrected chi connectivity index (χ4v) is 2.64. The highest BCUT2D eigenvalue weighted by Gasteiger charge is 2.08. The summed E-state index contributed by atoms with van der Waals surface area (Å²) in [4.78, 5) is 24.2. The Morgan fingerprint density at radius 2 is 1.80 bits per heavy atom. The van der Waals surface area contributed by atoms with Crippen LogP contribution in [-0.2, 0) is 4.79 Å². The molecule has 0 atom stereocenters. The van der Waals surface area contributed by atoms with Crippen molar-refractivity contribution in [1.29, 1.82) is 0 Å². The van der Waals surface area contributed by atoms with Crippen LogP contribution >= 0.6 is 0 Å². The number of ether oxygens (including phenoxy) is 2. The first kappa shape index (κ1) is 23.0. The summed E-state index contributed by atoms with van der Waals surface area (Å²) in [6, 6.07) is 12.4. The van der Waals surface area contributed by atoms with Crippen LogP contribution in [-0.4, -0.2) is 31.6 Å². The Morgan fingerprint density at radius 3 is 2.43 bits per heavy atom. The van der Waals surface area contributed by atoms with Crippen molar-refractivity contribution < 1.29 is 19.1 Å². The predicted molar refractivity (Wildman–Crippen MR) is 120 cm³/mol. The largest absolute Gasteiger partial charge is 0.493 e. The van der Waals surface area contributed by atoms with Crippen molar-refractivity contribution in [1.82, 2.24) is 5.32 Å². The summed E-state index contributed by atoms with van der Waals surface area (Å²) < 4.78 is 11.1. The van der Waals surface area contributed by atoms with E-state index in [0.29, 0.717) is 29.4 Å². The molecule has 0 aliphatic carbocycles. The maximum atomic E-state index is 12.2. The van der Waals surface area contributed by atoms with E-state index in [2.05, 4.69) is 17.6 Å². The average molecular weight is 411 g/mol. The van der Waals surface area contributed by atoms with E-state index in [-0.39, 0.29) is 17.9 Å². The van der Waals surface area contributed by atoms with Crippen LogP contribution in [0.3, 0.4) is 0 Å². The number of amides is 2. The molecule has 6 heteroatoms. The maximum absolute atomic E-state index is 12.2. The Kier molecular flexibility index (Phi) is 8.94. The van der Waals surface area contributed by atoms with Gasteiger partial charge in [0.05, 0.1) is 13.7 Å². The first-order chi connectivity index (χ1) is 14.4. The van der Waals surface area contributed by atoms with Gasteiger partial charge in [0.15, 0.2) is 11.5 Å². The van der Waals surface area contributed by atoms with Crippen LogP contribution in [0.4, 0.5) is 5.69 Å². The summed E-state index contributed by atoms with van der Waals surface area (Å²) in [5, 5.41) is 5.61. The van der Waals surface area contributed by atoms with Gasteiger partial charge in [0.2, 0.25) is 5.91 Å². The summed E-state index contributed by atoms with van der Waals surface area (Å²) in [5.41, 5.74) is 1.99. The van der Waals surface area contributed by atoms with Gasteiger partial charge in [0, 0.05) is 23.4 Å². The third-order valence-corrected chi connectivity index (χ3v) is 4.20. The Morgan fingerprint density at radius 1 is 1.07 bits per heavy atom. The van der Waals surface area contributed by atoms with Crippen LogP contribution in [0.15, 0.2) is 48.5 Å². The molecule has 2 rings (SSSR count). The van der Waals surface area contributed by atoms with Gasteiger partial charge in [-0.25, -0.2) is 0 Å². The highest BCUT2D eigenvalue weighted by molar-refractivity contribution is 6.02. The van der Waals surface area contributed by atoms with E-state index in [0.717, 1.165) is 18.4 Å². The Balaban J connectivity index is 1.96. The van der Waals surface area contributed by atoms with Gasteiger partial charge in [-0.2, -0.15) is 0 Å². The van der Waals surface area contributed by atoms with Gasteiger partial charge in [-0.3, -0.25) is 9.59 Å². The predicted octanol–water partition coefficient (Wildman–Crippen LogP) is 4.66. The molecule has 2 aromatic rings. The molecule has 2 N–H and O–H groups in total. The molecule has 30 heavy (non-hydrogen) atoms. The van der Waals surface area contributed by atoms with Crippen LogP contribution in [0.1, 0.15) is 49.5 Å². The molecule has 0 unspecified atom stereocenters. The van der Waals surface area contributed by atoms with Crippen LogP contribution < -0.4 is 20.1 Å². The van der Waals surface area contributed by atoms with E-state index < -0.39 is 0 Å². The molecule has 0 saturated heterocycles. The van der Waals surface area contributed by atoms with E-state index in [4.69, 9.17) is 9.47 Å². The Hall–Kier alpha value is -3.28. The van der Waals surface area contributed by atoms with Gasteiger partial charge in [-0.15, -0.1) is 0 Å². The molecule has 0 aliphatic rings. The number of unbranched alkanes of at least 4 members (excludes halogenated alkanes) is 1. The van der Waals surface area contributed by atoms with E-state index >= 15 is 0 Å². The average Bonchev–Trinajstić information content (AvgIpc) is 2.73. The quantitative estimate of drug-likeness (QED) is 0.441. The highest BCUT2D eigenvalue weighted by atomic mass is 16.5. The van der Waals surface area contributed by atoms with Crippen LogP contribution in [0.2, 0.25) is 0 Å². The van der Waals surface area contributed by atoms with Crippen molar-refractivity contribution in [3.63, 3.8) is 0 Å². The molecule has 6 nitrogen and oxygen atoms in total. The second-order valence-corrected chi connectivity index (χ2v) is 7.14. The first-order valence-corrected chi connectivity index (χ1v) is 10.1. The molecule has 0 saturated carbocycles. The van der Waals surface area contributed by atoms with E-state index in [9.17, 15) is 9.59 Å². The fourth-order valence-electron chi connectivity index (χ4n) is 2.64. The molecule has 0 aliphatic heterocycles. The third kappa shape index (κ3) is 7.28. The number of hydrogen-bond acceptors (Lipinski definition) is 4. The lowest BCUT2D eigenvalue weighted by atomic mass is 10.1. The smallest absolute Gasteiger partial charge is 0.251 e. The van der Waals surface area contributed by atoms with E-state index in [1.165, 1.54) is 6.08 Å². The number of rotatable bonds is 10. The molecule has 0 fully saturated rings. The molecule has 2 aromatic carbocycles. The van der Waals surface area contributed by atoms with Gasteiger partial charge >= 0.3 is 0 Å². The number of carbonyl (C=O) groups excluding carboxylic acids is 2. The molecule has 0 radical (unpaired) electrons. The molecule has 0 aromatic heterocycles. The molecule has 0 bridgehead atoms. The second-order valence-electron chi connectivity index (χ2n) is 7.14. The third-order valence-electron chi connectivity index (χ3n) is 4.20. The summed E-state index contributed by atoms with van der Waals surface area (Å²) in [7, 11) is 1.59. The minimum Gasteiger partial charge on any atom is -0.493 e. The van der Waals surface area contributed by atoms with Crippen molar-refractivity contribution in [3.8, 4) is 11.5 Å². The van der Waals surface area contributed by atoms with Gasteiger partial charge in [0.1, 0.15) is 0 Å². The zero-order valence-corrected chi connectivity index (χ0v) is 18.0. The minimum atomic E-state index is -0.267. The molecule has 0 heterocycles. The van der Waals surface area contributed by atoms with E-state index in [1.54, 1.807) is 37.5 Å². The van der Waals surface area contributed by atoms with Gasteiger partial charge in [0.25, 0.3) is 5.91 Å². The molecular formula is C24H30N2O4. The van der Waals surface area contributed by atoms with Crippen molar-refractivity contribution in [3.05, 3.63) is 59.7 Å². The van der Waals surface area contributed by atoms with Crippen molar-refractivity contribution in [2.24, 2.45) is 0 Å². The fraction of sp³-hybridized carbons (Fsp3) is 0.333. The first-order valence-electron chi connectivity index (χ1n) is 10.1. The monoisotopic (exact) mass is 410 g/mol. The lowest BCUT2D eigenvalue weighted by Gasteiger charge is -2.11. The SMILES string of the molecule is CCCCOc1ccc(/C=C/C(=O)Nc2ccc(C(=O)NC(C)C)cc2)cc1OC. The Bertz CT molecular complexity index is 873. The van der Waals surface area contributed by atoms with E-state index in [1.807, 2.05) is 32.0 Å². The maximum Gasteiger partial charge on any atom is 0.251 e. The number of hydrogen-bond donors (Lipinski definition) is 2. The minimum absolute atomic E-state index is 0.0672.